The van der Waals surface area contributed by atoms with Crippen molar-refractivity contribution in [3.63, 3.8) is 0 Å². The largest absolute Gasteiger partial charge is 0.276 e. The molecule has 5 aromatic carbocycles. The maximum Gasteiger partial charge on any atom is 0.221 e. The third kappa shape index (κ3) is 3.34. The maximum absolute atomic E-state index is 5.15. The maximum atomic E-state index is 5.15. The van der Waals surface area contributed by atoms with Crippen LogP contribution < -0.4 is 0 Å². The van der Waals surface area contributed by atoms with E-state index in [4.69, 9.17) is 9.97 Å². The van der Waals surface area contributed by atoms with E-state index in [1.54, 1.807) is 6.20 Å². The van der Waals surface area contributed by atoms with Crippen molar-refractivity contribution < 1.29 is 0 Å². The van der Waals surface area contributed by atoms with Gasteiger partial charge in [0.05, 0.1) is 22.1 Å². The number of pyridine rings is 2. The van der Waals surface area contributed by atoms with Gasteiger partial charge in [0.25, 0.3) is 0 Å². The van der Waals surface area contributed by atoms with Crippen LogP contribution in [0.1, 0.15) is 0 Å². The first-order chi connectivity index (χ1) is 20.8. The van der Waals surface area contributed by atoms with E-state index in [1.807, 2.05) is 24.5 Å². The molecule has 0 amide bonds. The summed E-state index contributed by atoms with van der Waals surface area (Å²) >= 11 is 0. The summed E-state index contributed by atoms with van der Waals surface area (Å²) in [5.41, 5.74) is 8.65. The molecule has 0 N–H and O–H groups in total. The highest BCUT2D eigenvalue weighted by Crippen LogP contribution is 2.37. The molecular formula is C37H23N5. The first-order valence-electron chi connectivity index (χ1n) is 14.0. The highest BCUT2D eigenvalue weighted by molar-refractivity contribution is 6.14. The standard InChI is InChI=1S/C37H23N5/c1-2-10-28-25(8-1)20-31(30-12-4-3-11-29(28)30)26-15-16-32-35(21-26)41-33-13-5-6-14-34(33)42(37(41)40-32)36-22-24(17-19-39-36)27-9-7-18-38-23-27/h1-23H. The van der Waals surface area contributed by atoms with Crippen molar-refractivity contribution in [2.75, 3.05) is 0 Å². The van der Waals surface area contributed by atoms with Gasteiger partial charge in [-0.2, -0.15) is 0 Å². The summed E-state index contributed by atoms with van der Waals surface area (Å²) < 4.78 is 4.41. The second kappa shape index (κ2) is 8.85. The van der Waals surface area contributed by atoms with E-state index < -0.39 is 0 Å². The number of para-hydroxylation sites is 2. The lowest BCUT2D eigenvalue weighted by molar-refractivity contribution is 1.04. The van der Waals surface area contributed by atoms with Gasteiger partial charge in [0.2, 0.25) is 5.78 Å². The Balaban J connectivity index is 1.31. The average molecular weight is 538 g/mol. The predicted molar refractivity (Wildman–Crippen MR) is 171 cm³/mol. The van der Waals surface area contributed by atoms with Gasteiger partial charge in [0.15, 0.2) is 0 Å². The van der Waals surface area contributed by atoms with Crippen LogP contribution in [0.4, 0.5) is 0 Å². The predicted octanol–water partition coefficient (Wildman–Crippen LogP) is 8.86. The zero-order chi connectivity index (χ0) is 27.6. The van der Waals surface area contributed by atoms with Gasteiger partial charge < -0.3 is 0 Å². The second-order valence-electron chi connectivity index (χ2n) is 10.6. The molecule has 9 aromatic rings. The van der Waals surface area contributed by atoms with Gasteiger partial charge in [-0.25, -0.2) is 9.97 Å². The van der Waals surface area contributed by atoms with Crippen molar-refractivity contribution in [3.8, 4) is 28.1 Å². The van der Waals surface area contributed by atoms with Gasteiger partial charge in [0, 0.05) is 24.2 Å². The number of benzene rings is 5. The molecule has 0 radical (unpaired) electrons. The third-order valence-electron chi connectivity index (χ3n) is 8.25. The Labute approximate surface area is 241 Å². The van der Waals surface area contributed by atoms with Crippen LogP contribution in [0.25, 0.3) is 77.5 Å². The lowest BCUT2D eigenvalue weighted by Crippen LogP contribution is -1.98. The molecule has 0 aliphatic carbocycles. The lowest BCUT2D eigenvalue weighted by Gasteiger charge is -2.11. The monoisotopic (exact) mass is 537 g/mol. The van der Waals surface area contributed by atoms with E-state index in [9.17, 15) is 0 Å². The summed E-state index contributed by atoms with van der Waals surface area (Å²) in [5, 5.41) is 5.02. The molecule has 4 heterocycles. The van der Waals surface area contributed by atoms with Gasteiger partial charge in [-0.05, 0) is 86.8 Å². The highest BCUT2D eigenvalue weighted by atomic mass is 15.2. The Bertz CT molecular complexity index is 2470. The Kier molecular flexibility index (Phi) is 4.83. The Morgan fingerprint density at radius 2 is 1.33 bits per heavy atom. The first kappa shape index (κ1) is 22.9. The van der Waals surface area contributed by atoms with Crippen LogP contribution in [-0.2, 0) is 0 Å². The van der Waals surface area contributed by atoms with Crippen LogP contribution in [0.3, 0.4) is 0 Å². The van der Waals surface area contributed by atoms with Crippen molar-refractivity contribution in [3.05, 3.63) is 140 Å². The number of aromatic nitrogens is 5. The van der Waals surface area contributed by atoms with Gasteiger partial charge >= 0.3 is 0 Å². The zero-order valence-corrected chi connectivity index (χ0v) is 22.5. The van der Waals surface area contributed by atoms with E-state index in [1.165, 1.54) is 32.7 Å². The number of hydrogen-bond acceptors (Lipinski definition) is 3. The molecule has 0 saturated heterocycles. The molecular weight excluding hydrogens is 514 g/mol. The minimum Gasteiger partial charge on any atom is -0.276 e. The number of fused-ring (bicyclic) bond motifs is 8. The summed E-state index contributed by atoms with van der Waals surface area (Å²) in [4.78, 5) is 14.3. The lowest BCUT2D eigenvalue weighted by atomic mass is 9.93. The number of nitrogens with zero attached hydrogens (tertiary/aromatic N) is 5. The van der Waals surface area contributed by atoms with Crippen LogP contribution >= 0.6 is 0 Å². The minimum atomic E-state index is 0.818. The molecule has 9 rings (SSSR count). The number of imidazole rings is 2. The summed E-state index contributed by atoms with van der Waals surface area (Å²) in [7, 11) is 0. The topological polar surface area (TPSA) is 48.0 Å². The molecule has 42 heavy (non-hydrogen) atoms. The van der Waals surface area contributed by atoms with Crippen molar-refractivity contribution in [2.45, 2.75) is 0 Å². The molecule has 5 nitrogen and oxygen atoms in total. The smallest absolute Gasteiger partial charge is 0.221 e. The van der Waals surface area contributed by atoms with Crippen molar-refractivity contribution >= 4 is 49.4 Å². The fraction of sp³-hybridized carbons (Fsp3) is 0. The van der Waals surface area contributed by atoms with E-state index in [-0.39, 0.29) is 0 Å². The first-order valence-corrected chi connectivity index (χ1v) is 14.0. The molecule has 0 atom stereocenters. The summed E-state index contributed by atoms with van der Waals surface area (Å²) in [6, 6.07) is 42.8. The van der Waals surface area contributed by atoms with Gasteiger partial charge in [-0.3, -0.25) is 14.0 Å². The molecule has 0 aliphatic rings. The van der Waals surface area contributed by atoms with Gasteiger partial charge in [-0.1, -0.05) is 72.8 Å². The van der Waals surface area contributed by atoms with E-state index >= 15 is 0 Å². The average Bonchev–Trinajstić information content (AvgIpc) is 3.59. The van der Waals surface area contributed by atoms with Crippen LogP contribution in [0.2, 0.25) is 0 Å². The number of hydrogen-bond donors (Lipinski definition) is 0. The SMILES string of the molecule is c1cncc(-c2ccnc(-n3c4ccccc4n4c5cc(-c6cc7ccccc7c7ccccc67)ccc5nc34)c2)c1. The zero-order valence-electron chi connectivity index (χ0n) is 22.5. The Morgan fingerprint density at radius 3 is 2.21 bits per heavy atom. The highest BCUT2D eigenvalue weighted by Gasteiger charge is 2.19. The molecule has 0 spiro atoms. The quantitative estimate of drug-likeness (QED) is 0.212. The molecule has 0 bridgehead atoms. The minimum absolute atomic E-state index is 0.818. The van der Waals surface area contributed by atoms with Gasteiger partial charge in [0.1, 0.15) is 5.82 Å². The van der Waals surface area contributed by atoms with Crippen molar-refractivity contribution in [1.29, 1.82) is 0 Å². The molecule has 5 heteroatoms. The normalized spacial score (nSPS) is 11.8. The molecule has 0 aliphatic heterocycles. The Morgan fingerprint density at radius 1 is 0.524 bits per heavy atom. The van der Waals surface area contributed by atoms with Crippen molar-refractivity contribution in [1.82, 2.24) is 23.9 Å². The number of rotatable bonds is 3. The summed E-state index contributed by atoms with van der Waals surface area (Å²) in [6.07, 6.45) is 5.53. The van der Waals surface area contributed by atoms with E-state index in [0.29, 0.717) is 0 Å². The summed E-state index contributed by atoms with van der Waals surface area (Å²) in [5.74, 6) is 1.65. The van der Waals surface area contributed by atoms with E-state index in [0.717, 1.165) is 44.8 Å². The molecule has 0 fully saturated rings. The second-order valence-corrected chi connectivity index (χ2v) is 10.6. The van der Waals surface area contributed by atoms with Crippen LogP contribution in [0, 0.1) is 0 Å². The fourth-order valence-corrected chi connectivity index (χ4v) is 6.34. The Hall–Kier alpha value is -5.81. The van der Waals surface area contributed by atoms with Crippen LogP contribution in [-0.4, -0.2) is 23.9 Å². The molecule has 4 aromatic heterocycles. The van der Waals surface area contributed by atoms with Crippen LogP contribution in [0.15, 0.2) is 140 Å². The summed E-state index contributed by atoms with van der Waals surface area (Å²) in [6.45, 7) is 0. The fourth-order valence-electron chi connectivity index (χ4n) is 6.34. The molecule has 0 saturated carbocycles. The third-order valence-corrected chi connectivity index (χ3v) is 8.25. The molecule has 196 valence electrons. The van der Waals surface area contributed by atoms with Gasteiger partial charge in [-0.15, -0.1) is 0 Å². The van der Waals surface area contributed by atoms with Crippen LogP contribution in [0.5, 0.6) is 0 Å². The molecule has 0 unspecified atom stereocenters. The van der Waals surface area contributed by atoms with Crippen molar-refractivity contribution in [2.24, 2.45) is 0 Å². The van der Waals surface area contributed by atoms with E-state index in [2.05, 4.69) is 123 Å².